The first-order chi connectivity index (χ1) is 8.19. The molecule has 0 aromatic carbocycles. The summed E-state index contributed by atoms with van der Waals surface area (Å²) in [6.45, 7) is 5.63. The molecule has 2 heterocycles. The summed E-state index contributed by atoms with van der Waals surface area (Å²) in [5.41, 5.74) is 2.05. The number of ether oxygens (including phenoxy) is 1. The van der Waals surface area contributed by atoms with E-state index in [1.165, 1.54) is 0 Å². The Labute approximate surface area is 107 Å². The smallest absolute Gasteiger partial charge is 0.188 e. The SMILES string of the molecule is CNC1CCOCC1Sc1nc(C)cc(C)n1. The molecule has 17 heavy (non-hydrogen) atoms. The average Bonchev–Trinajstić information content (AvgIpc) is 2.28. The predicted molar refractivity (Wildman–Crippen MR) is 69.4 cm³/mol. The Morgan fingerprint density at radius 3 is 2.71 bits per heavy atom. The van der Waals surface area contributed by atoms with Gasteiger partial charge in [-0.15, -0.1) is 0 Å². The van der Waals surface area contributed by atoms with Gasteiger partial charge >= 0.3 is 0 Å². The average molecular weight is 253 g/mol. The van der Waals surface area contributed by atoms with Gasteiger partial charge in [-0.2, -0.15) is 0 Å². The monoisotopic (exact) mass is 253 g/mol. The lowest BCUT2D eigenvalue weighted by Gasteiger charge is -2.30. The topological polar surface area (TPSA) is 47.0 Å². The van der Waals surface area contributed by atoms with Crippen molar-refractivity contribution < 1.29 is 4.74 Å². The van der Waals surface area contributed by atoms with E-state index in [9.17, 15) is 0 Å². The highest BCUT2D eigenvalue weighted by atomic mass is 32.2. The van der Waals surface area contributed by atoms with E-state index in [0.717, 1.165) is 36.2 Å². The van der Waals surface area contributed by atoms with Gasteiger partial charge in [-0.25, -0.2) is 9.97 Å². The van der Waals surface area contributed by atoms with E-state index in [1.807, 2.05) is 27.0 Å². The van der Waals surface area contributed by atoms with Crippen molar-refractivity contribution >= 4 is 11.8 Å². The zero-order chi connectivity index (χ0) is 12.3. The van der Waals surface area contributed by atoms with Crippen LogP contribution in [-0.2, 0) is 4.74 Å². The molecule has 1 saturated heterocycles. The fraction of sp³-hybridized carbons (Fsp3) is 0.667. The third-order valence-corrected chi connectivity index (χ3v) is 4.05. The molecule has 2 rings (SSSR count). The molecule has 0 saturated carbocycles. The van der Waals surface area contributed by atoms with Crippen molar-refractivity contribution in [2.24, 2.45) is 0 Å². The first-order valence-corrected chi connectivity index (χ1v) is 6.81. The molecule has 4 nitrogen and oxygen atoms in total. The van der Waals surface area contributed by atoms with Crippen LogP contribution in [0.5, 0.6) is 0 Å². The van der Waals surface area contributed by atoms with Crippen LogP contribution in [0.1, 0.15) is 17.8 Å². The third kappa shape index (κ3) is 3.40. The summed E-state index contributed by atoms with van der Waals surface area (Å²) in [5.74, 6) is 0. The molecular formula is C12H19N3OS. The maximum atomic E-state index is 5.53. The van der Waals surface area contributed by atoms with Crippen LogP contribution in [0.25, 0.3) is 0 Å². The normalized spacial score (nSPS) is 24.9. The number of aromatic nitrogens is 2. The van der Waals surface area contributed by atoms with E-state index >= 15 is 0 Å². The zero-order valence-corrected chi connectivity index (χ0v) is 11.4. The number of nitrogens with zero attached hydrogens (tertiary/aromatic N) is 2. The van der Waals surface area contributed by atoms with Gasteiger partial charge in [0.1, 0.15) is 0 Å². The fourth-order valence-electron chi connectivity index (χ4n) is 2.04. The summed E-state index contributed by atoms with van der Waals surface area (Å²) in [4.78, 5) is 8.93. The molecule has 1 aliphatic heterocycles. The molecule has 1 N–H and O–H groups in total. The number of hydrogen-bond donors (Lipinski definition) is 1. The van der Waals surface area contributed by atoms with Crippen LogP contribution in [0.2, 0.25) is 0 Å². The number of rotatable bonds is 3. The van der Waals surface area contributed by atoms with Crippen LogP contribution in [0, 0.1) is 13.8 Å². The Morgan fingerprint density at radius 1 is 1.35 bits per heavy atom. The molecule has 1 aliphatic rings. The lowest BCUT2D eigenvalue weighted by Crippen LogP contribution is -2.43. The molecule has 1 fully saturated rings. The number of aryl methyl sites for hydroxylation is 2. The minimum Gasteiger partial charge on any atom is -0.380 e. The first-order valence-electron chi connectivity index (χ1n) is 5.93. The van der Waals surface area contributed by atoms with Crippen LogP contribution < -0.4 is 5.32 Å². The molecule has 1 aromatic rings. The summed E-state index contributed by atoms with van der Waals surface area (Å²) >= 11 is 1.72. The third-order valence-electron chi connectivity index (χ3n) is 2.89. The van der Waals surface area contributed by atoms with Crippen LogP contribution in [-0.4, -0.2) is 41.5 Å². The van der Waals surface area contributed by atoms with Crippen LogP contribution in [0.15, 0.2) is 11.2 Å². The number of hydrogen-bond acceptors (Lipinski definition) is 5. The van der Waals surface area contributed by atoms with Gasteiger partial charge in [-0.05, 0) is 33.4 Å². The van der Waals surface area contributed by atoms with E-state index in [-0.39, 0.29) is 0 Å². The van der Waals surface area contributed by atoms with Crippen molar-refractivity contribution in [3.63, 3.8) is 0 Å². The van der Waals surface area contributed by atoms with Gasteiger partial charge in [0.15, 0.2) is 5.16 Å². The van der Waals surface area contributed by atoms with E-state index in [4.69, 9.17) is 4.74 Å². The van der Waals surface area contributed by atoms with E-state index < -0.39 is 0 Å². The highest BCUT2D eigenvalue weighted by molar-refractivity contribution is 7.99. The van der Waals surface area contributed by atoms with Gasteiger partial charge in [0.2, 0.25) is 0 Å². The Morgan fingerprint density at radius 2 is 2.06 bits per heavy atom. The predicted octanol–water partition coefficient (Wildman–Crippen LogP) is 1.56. The lowest BCUT2D eigenvalue weighted by atomic mass is 10.1. The van der Waals surface area contributed by atoms with Crippen LogP contribution in [0.3, 0.4) is 0 Å². The van der Waals surface area contributed by atoms with Crippen LogP contribution >= 0.6 is 11.8 Å². The maximum absolute atomic E-state index is 5.53. The fourth-order valence-corrected chi connectivity index (χ4v) is 3.30. The van der Waals surface area contributed by atoms with Gasteiger partial charge in [0.25, 0.3) is 0 Å². The molecular weight excluding hydrogens is 234 g/mol. The molecule has 5 heteroatoms. The van der Waals surface area contributed by atoms with Gasteiger partial charge in [0, 0.05) is 24.0 Å². The highest BCUT2D eigenvalue weighted by Gasteiger charge is 2.26. The van der Waals surface area contributed by atoms with Crippen molar-refractivity contribution in [3.8, 4) is 0 Å². The molecule has 0 bridgehead atoms. The molecule has 0 spiro atoms. The first kappa shape index (κ1) is 12.8. The van der Waals surface area contributed by atoms with Crippen molar-refractivity contribution in [1.29, 1.82) is 0 Å². The molecule has 1 aromatic heterocycles. The summed E-state index contributed by atoms with van der Waals surface area (Å²) in [7, 11) is 2.01. The number of nitrogens with one attached hydrogen (secondary N) is 1. The van der Waals surface area contributed by atoms with Crippen molar-refractivity contribution in [2.75, 3.05) is 20.3 Å². The summed E-state index contributed by atoms with van der Waals surface area (Å²) in [6, 6.07) is 2.48. The quantitative estimate of drug-likeness (QED) is 0.828. The Hall–Kier alpha value is -0.650. The Bertz CT molecular complexity index is 366. The summed E-state index contributed by atoms with van der Waals surface area (Å²) < 4.78 is 5.53. The molecule has 94 valence electrons. The second kappa shape index (κ2) is 5.80. The lowest BCUT2D eigenvalue weighted by molar-refractivity contribution is 0.0850. The maximum Gasteiger partial charge on any atom is 0.188 e. The summed E-state index contributed by atoms with van der Waals surface area (Å²) in [6.07, 6.45) is 1.05. The van der Waals surface area contributed by atoms with Gasteiger partial charge < -0.3 is 10.1 Å². The molecule has 2 unspecified atom stereocenters. The minimum atomic E-state index is 0.398. The molecule has 0 aliphatic carbocycles. The van der Waals surface area contributed by atoms with Crippen molar-refractivity contribution in [1.82, 2.24) is 15.3 Å². The van der Waals surface area contributed by atoms with Gasteiger partial charge in [-0.1, -0.05) is 11.8 Å². The molecule has 2 atom stereocenters. The van der Waals surface area contributed by atoms with E-state index in [1.54, 1.807) is 11.8 Å². The Kier molecular flexibility index (Phi) is 4.36. The van der Waals surface area contributed by atoms with E-state index in [2.05, 4.69) is 15.3 Å². The van der Waals surface area contributed by atoms with Gasteiger partial charge in [0.05, 0.1) is 11.9 Å². The minimum absolute atomic E-state index is 0.398. The standard InChI is InChI=1S/C12H19N3OS/c1-8-6-9(2)15-12(14-8)17-11-7-16-5-4-10(11)13-3/h6,10-11,13H,4-5,7H2,1-3H3. The zero-order valence-electron chi connectivity index (χ0n) is 10.6. The van der Waals surface area contributed by atoms with E-state index in [0.29, 0.717) is 11.3 Å². The second-order valence-corrected chi connectivity index (χ2v) is 5.55. The molecule has 0 radical (unpaired) electrons. The molecule has 0 amide bonds. The van der Waals surface area contributed by atoms with Crippen molar-refractivity contribution in [3.05, 3.63) is 17.5 Å². The van der Waals surface area contributed by atoms with Crippen molar-refractivity contribution in [2.45, 2.75) is 36.7 Å². The number of thioether (sulfide) groups is 1. The summed E-state index contributed by atoms with van der Waals surface area (Å²) in [5, 5.41) is 4.60. The second-order valence-electron chi connectivity index (χ2n) is 4.35. The highest BCUT2D eigenvalue weighted by Crippen LogP contribution is 2.26. The largest absolute Gasteiger partial charge is 0.380 e. The van der Waals surface area contributed by atoms with Gasteiger partial charge in [-0.3, -0.25) is 0 Å². The Balaban J connectivity index is 2.08. The van der Waals surface area contributed by atoms with Crippen LogP contribution in [0.4, 0.5) is 0 Å².